The van der Waals surface area contributed by atoms with Crippen LogP contribution in [0.1, 0.15) is 65.7 Å². The maximum absolute atomic E-state index is 10.2. The van der Waals surface area contributed by atoms with E-state index >= 15 is 0 Å². The Morgan fingerprint density at radius 2 is 2.18 bits per heavy atom. The van der Waals surface area contributed by atoms with Gasteiger partial charge in [-0.25, -0.2) is 0 Å². The number of aliphatic hydroxyl groups is 1. The standard InChI is InChI=1S/C20H31IO/c1-14(11-15-8-10-19(2,22)12-15)17-6-7-18-16(13-21)5-4-9-20(17,18)3/h8,10,13-15,17-18,22H,4-7,9,11-12H2,1-3H3/t14-,15+,17-,18?,19-,20+/m1/s1. The highest BCUT2D eigenvalue weighted by Crippen LogP contribution is 2.60. The van der Waals surface area contributed by atoms with E-state index in [0.29, 0.717) is 11.3 Å². The molecule has 0 aromatic carbocycles. The fourth-order valence-corrected chi connectivity index (χ4v) is 6.70. The lowest BCUT2D eigenvalue weighted by Crippen LogP contribution is -2.36. The van der Waals surface area contributed by atoms with Crippen molar-refractivity contribution in [3.05, 3.63) is 21.8 Å². The van der Waals surface area contributed by atoms with E-state index in [1.165, 1.54) is 38.5 Å². The van der Waals surface area contributed by atoms with Crippen LogP contribution < -0.4 is 0 Å². The Bertz CT molecular complexity index is 478. The zero-order valence-corrected chi connectivity index (χ0v) is 16.5. The molecule has 2 heteroatoms. The Kier molecular flexibility index (Phi) is 4.82. The molecule has 3 aliphatic rings. The van der Waals surface area contributed by atoms with Gasteiger partial charge in [-0.1, -0.05) is 54.2 Å². The first-order chi connectivity index (χ1) is 10.4. The Morgan fingerprint density at radius 1 is 1.41 bits per heavy atom. The zero-order valence-electron chi connectivity index (χ0n) is 14.3. The molecule has 0 aliphatic heterocycles. The number of allylic oxidation sites excluding steroid dienone is 2. The van der Waals surface area contributed by atoms with E-state index in [1.807, 2.05) is 13.0 Å². The molecule has 2 saturated carbocycles. The molecule has 0 aromatic heterocycles. The molecule has 0 radical (unpaired) electrons. The molecule has 0 spiro atoms. The minimum atomic E-state index is -0.561. The van der Waals surface area contributed by atoms with Gasteiger partial charge in [0.2, 0.25) is 0 Å². The van der Waals surface area contributed by atoms with E-state index in [9.17, 15) is 5.11 Å². The Morgan fingerprint density at radius 3 is 2.82 bits per heavy atom. The van der Waals surface area contributed by atoms with Crippen LogP contribution in [0.4, 0.5) is 0 Å². The molecule has 124 valence electrons. The summed E-state index contributed by atoms with van der Waals surface area (Å²) in [4.78, 5) is 0. The van der Waals surface area contributed by atoms with Gasteiger partial charge >= 0.3 is 0 Å². The van der Waals surface area contributed by atoms with Crippen molar-refractivity contribution in [2.75, 3.05) is 0 Å². The second-order valence-electron chi connectivity index (χ2n) is 8.67. The fraction of sp³-hybridized carbons (Fsp3) is 0.800. The molecule has 22 heavy (non-hydrogen) atoms. The third-order valence-corrected chi connectivity index (χ3v) is 7.74. The minimum Gasteiger partial charge on any atom is -0.386 e. The summed E-state index contributed by atoms with van der Waals surface area (Å²) in [5.74, 6) is 3.05. The summed E-state index contributed by atoms with van der Waals surface area (Å²) in [5, 5.41) is 10.2. The molecular weight excluding hydrogens is 383 g/mol. The van der Waals surface area contributed by atoms with E-state index in [-0.39, 0.29) is 0 Å². The van der Waals surface area contributed by atoms with Gasteiger partial charge in [-0.2, -0.15) is 0 Å². The van der Waals surface area contributed by atoms with Crippen molar-refractivity contribution in [1.82, 2.24) is 0 Å². The van der Waals surface area contributed by atoms with Gasteiger partial charge < -0.3 is 5.11 Å². The number of hydrogen-bond donors (Lipinski definition) is 1. The van der Waals surface area contributed by atoms with Crippen LogP contribution in [0.2, 0.25) is 0 Å². The van der Waals surface area contributed by atoms with Crippen LogP contribution in [-0.2, 0) is 0 Å². The lowest BCUT2D eigenvalue weighted by atomic mass is 9.61. The topological polar surface area (TPSA) is 20.2 Å². The molecule has 1 N–H and O–H groups in total. The van der Waals surface area contributed by atoms with Gasteiger partial charge in [-0.05, 0) is 85.0 Å². The molecule has 2 fully saturated rings. The molecule has 3 aliphatic carbocycles. The van der Waals surface area contributed by atoms with Crippen molar-refractivity contribution in [2.24, 2.45) is 29.1 Å². The predicted molar refractivity (Wildman–Crippen MR) is 102 cm³/mol. The first kappa shape index (κ1) is 17.0. The van der Waals surface area contributed by atoms with Gasteiger partial charge in [0.15, 0.2) is 0 Å². The average molecular weight is 414 g/mol. The molecule has 1 unspecified atom stereocenters. The molecule has 6 atom stereocenters. The summed E-state index contributed by atoms with van der Waals surface area (Å²) in [6.45, 7) is 6.99. The van der Waals surface area contributed by atoms with Gasteiger partial charge in [0.25, 0.3) is 0 Å². The molecule has 0 bridgehead atoms. The highest BCUT2D eigenvalue weighted by molar-refractivity contribution is 14.1. The molecule has 0 saturated heterocycles. The molecule has 3 rings (SSSR count). The lowest BCUT2D eigenvalue weighted by molar-refractivity contribution is 0.0756. The highest BCUT2D eigenvalue weighted by atomic mass is 127. The van der Waals surface area contributed by atoms with Crippen LogP contribution >= 0.6 is 22.6 Å². The molecule has 0 amide bonds. The maximum atomic E-state index is 10.2. The number of halogens is 1. The van der Waals surface area contributed by atoms with Crippen LogP contribution in [0.15, 0.2) is 21.8 Å². The predicted octanol–water partition coefficient (Wildman–Crippen LogP) is 5.88. The van der Waals surface area contributed by atoms with Gasteiger partial charge in [0.1, 0.15) is 0 Å². The van der Waals surface area contributed by atoms with Crippen LogP contribution in [-0.4, -0.2) is 10.7 Å². The van der Waals surface area contributed by atoms with Gasteiger partial charge in [0.05, 0.1) is 5.60 Å². The summed E-state index contributed by atoms with van der Waals surface area (Å²) in [5.41, 5.74) is 1.70. The van der Waals surface area contributed by atoms with E-state index in [4.69, 9.17) is 0 Å². The van der Waals surface area contributed by atoms with Crippen molar-refractivity contribution in [3.63, 3.8) is 0 Å². The Hall–Kier alpha value is 0.170. The molecule has 0 heterocycles. The highest BCUT2D eigenvalue weighted by Gasteiger charge is 2.50. The van der Waals surface area contributed by atoms with Crippen molar-refractivity contribution in [3.8, 4) is 0 Å². The van der Waals surface area contributed by atoms with E-state index in [1.54, 1.807) is 5.57 Å². The SMILES string of the molecule is C[C@H](C[C@@H]1C=C[C@@](C)(O)C1)[C@H]1CCC2C(=CI)CCC[C@]21C. The van der Waals surface area contributed by atoms with Crippen molar-refractivity contribution in [2.45, 2.75) is 71.3 Å². The van der Waals surface area contributed by atoms with Crippen molar-refractivity contribution in [1.29, 1.82) is 0 Å². The summed E-state index contributed by atoms with van der Waals surface area (Å²) in [6.07, 6.45) is 13.4. The maximum Gasteiger partial charge on any atom is 0.0805 e. The average Bonchev–Trinajstić information content (AvgIpc) is 2.97. The molecule has 0 aromatic rings. The van der Waals surface area contributed by atoms with Crippen LogP contribution in [0, 0.1) is 29.1 Å². The van der Waals surface area contributed by atoms with Crippen LogP contribution in [0.5, 0.6) is 0 Å². The first-order valence-electron chi connectivity index (χ1n) is 9.06. The molecular formula is C20H31IO. The fourth-order valence-electron chi connectivity index (χ4n) is 5.96. The first-order valence-corrected chi connectivity index (χ1v) is 10.3. The normalized spacial score (nSPS) is 47.9. The Balaban J connectivity index is 1.69. The Labute approximate surface area is 149 Å². The summed E-state index contributed by atoms with van der Waals surface area (Å²) >= 11 is 2.46. The summed E-state index contributed by atoms with van der Waals surface area (Å²) < 4.78 is 2.38. The van der Waals surface area contributed by atoms with Crippen molar-refractivity contribution < 1.29 is 5.11 Å². The minimum absolute atomic E-state index is 0.527. The number of hydrogen-bond acceptors (Lipinski definition) is 1. The third kappa shape index (κ3) is 3.07. The smallest absolute Gasteiger partial charge is 0.0805 e. The summed E-state index contributed by atoms with van der Waals surface area (Å²) in [6, 6.07) is 0. The lowest BCUT2D eigenvalue weighted by Gasteiger charge is -2.44. The quantitative estimate of drug-likeness (QED) is 0.452. The van der Waals surface area contributed by atoms with Gasteiger partial charge in [-0.15, -0.1) is 0 Å². The van der Waals surface area contributed by atoms with Crippen LogP contribution in [0.3, 0.4) is 0 Å². The van der Waals surface area contributed by atoms with E-state index < -0.39 is 5.60 Å². The van der Waals surface area contributed by atoms with Crippen LogP contribution in [0.25, 0.3) is 0 Å². The number of fused-ring (bicyclic) bond motifs is 1. The van der Waals surface area contributed by atoms with E-state index in [2.05, 4.69) is 46.6 Å². The largest absolute Gasteiger partial charge is 0.386 e. The zero-order chi connectivity index (χ0) is 16.0. The second-order valence-corrected chi connectivity index (χ2v) is 9.30. The van der Waals surface area contributed by atoms with Gasteiger partial charge in [0, 0.05) is 0 Å². The van der Waals surface area contributed by atoms with Crippen molar-refractivity contribution >= 4 is 22.6 Å². The number of rotatable bonds is 3. The summed E-state index contributed by atoms with van der Waals surface area (Å²) in [7, 11) is 0. The monoisotopic (exact) mass is 414 g/mol. The third-order valence-electron chi connectivity index (χ3n) is 6.94. The second kappa shape index (κ2) is 6.23. The van der Waals surface area contributed by atoms with E-state index in [0.717, 1.165) is 24.2 Å². The van der Waals surface area contributed by atoms with Gasteiger partial charge in [-0.3, -0.25) is 0 Å². The molecule has 1 nitrogen and oxygen atoms in total.